The molecule has 15 heavy (non-hydrogen) atoms. The topological polar surface area (TPSA) is 55.9 Å². The SMILES string of the molecule is Cn1cc(N)c(NCCCC(F)(F)F)n1. The Morgan fingerprint density at radius 2 is 2.20 bits per heavy atom. The lowest BCUT2D eigenvalue weighted by Gasteiger charge is -2.06. The van der Waals surface area contributed by atoms with Gasteiger partial charge < -0.3 is 11.1 Å². The summed E-state index contributed by atoms with van der Waals surface area (Å²) >= 11 is 0. The van der Waals surface area contributed by atoms with Crippen LogP contribution < -0.4 is 11.1 Å². The van der Waals surface area contributed by atoms with E-state index in [0.29, 0.717) is 11.5 Å². The minimum atomic E-state index is -4.10. The van der Waals surface area contributed by atoms with Crippen molar-refractivity contribution >= 4 is 11.5 Å². The van der Waals surface area contributed by atoms with Gasteiger partial charge in [-0.2, -0.15) is 18.3 Å². The molecule has 86 valence electrons. The minimum Gasteiger partial charge on any atom is -0.394 e. The highest BCUT2D eigenvalue weighted by molar-refractivity contribution is 5.59. The average molecular weight is 222 g/mol. The van der Waals surface area contributed by atoms with Gasteiger partial charge >= 0.3 is 6.18 Å². The number of nitrogens with one attached hydrogen (secondary N) is 1. The molecule has 0 saturated carbocycles. The van der Waals surface area contributed by atoms with Gasteiger partial charge in [-0.3, -0.25) is 4.68 Å². The fraction of sp³-hybridized carbons (Fsp3) is 0.625. The lowest BCUT2D eigenvalue weighted by Crippen LogP contribution is -2.11. The summed E-state index contributed by atoms with van der Waals surface area (Å²) in [5.74, 6) is 0.430. The van der Waals surface area contributed by atoms with Crippen LogP contribution in [0, 0.1) is 0 Å². The fourth-order valence-electron chi connectivity index (χ4n) is 1.14. The third-order valence-electron chi connectivity index (χ3n) is 1.79. The molecule has 0 aliphatic heterocycles. The number of halogens is 3. The van der Waals surface area contributed by atoms with E-state index in [4.69, 9.17) is 5.73 Å². The molecule has 0 radical (unpaired) electrons. The summed E-state index contributed by atoms with van der Waals surface area (Å²) in [5, 5.41) is 6.69. The standard InChI is InChI=1S/C8H13F3N4/c1-15-5-6(12)7(14-15)13-4-2-3-8(9,10)11/h5H,2-4,12H2,1H3,(H,13,14). The van der Waals surface area contributed by atoms with Crippen LogP contribution in [0.25, 0.3) is 0 Å². The first kappa shape index (κ1) is 11.7. The number of aromatic nitrogens is 2. The van der Waals surface area contributed by atoms with Crippen molar-refractivity contribution in [2.75, 3.05) is 17.6 Å². The highest BCUT2D eigenvalue weighted by Gasteiger charge is 2.25. The van der Waals surface area contributed by atoms with E-state index in [0.717, 1.165) is 0 Å². The Morgan fingerprint density at radius 1 is 1.53 bits per heavy atom. The van der Waals surface area contributed by atoms with E-state index in [1.54, 1.807) is 13.2 Å². The number of hydrogen-bond donors (Lipinski definition) is 2. The molecular weight excluding hydrogens is 209 g/mol. The van der Waals surface area contributed by atoms with Gasteiger partial charge in [0.1, 0.15) is 0 Å². The summed E-state index contributed by atoms with van der Waals surface area (Å²) in [4.78, 5) is 0. The molecule has 0 aliphatic rings. The molecule has 7 heteroatoms. The Morgan fingerprint density at radius 3 is 2.67 bits per heavy atom. The summed E-state index contributed by atoms with van der Waals surface area (Å²) in [6, 6.07) is 0. The van der Waals surface area contributed by atoms with E-state index in [-0.39, 0.29) is 13.0 Å². The van der Waals surface area contributed by atoms with Crippen LogP contribution in [0.1, 0.15) is 12.8 Å². The zero-order valence-electron chi connectivity index (χ0n) is 8.30. The van der Waals surface area contributed by atoms with Gasteiger partial charge in [0.15, 0.2) is 5.82 Å². The third-order valence-corrected chi connectivity index (χ3v) is 1.79. The van der Waals surface area contributed by atoms with Gasteiger partial charge in [0.25, 0.3) is 0 Å². The Hall–Kier alpha value is -1.40. The maximum Gasteiger partial charge on any atom is 0.389 e. The molecule has 0 aliphatic carbocycles. The number of nitrogens with zero attached hydrogens (tertiary/aromatic N) is 2. The smallest absolute Gasteiger partial charge is 0.389 e. The second-order valence-corrected chi connectivity index (χ2v) is 3.25. The van der Waals surface area contributed by atoms with Gasteiger partial charge in [-0.25, -0.2) is 0 Å². The van der Waals surface area contributed by atoms with Crippen LogP contribution in [0.2, 0.25) is 0 Å². The van der Waals surface area contributed by atoms with Crippen LogP contribution >= 0.6 is 0 Å². The van der Waals surface area contributed by atoms with Crippen molar-refractivity contribution in [2.45, 2.75) is 19.0 Å². The Labute approximate surface area is 85.2 Å². The molecule has 0 unspecified atom stereocenters. The van der Waals surface area contributed by atoms with Crippen LogP contribution in [0.3, 0.4) is 0 Å². The molecule has 0 fully saturated rings. The van der Waals surface area contributed by atoms with Gasteiger partial charge in [0.05, 0.1) is 5.69 Å². The molecule has 0 aromatic carbocycles. The molecule has 0 amide bonds. The normalized spacial score (nSPS) is 11.7. The number of rotatable bonds is 4. The molecule has 1 heterocycles. The highest BCUT2D eigenvalue weighted by atomic mass is 19.4. The predicted molar refractivity (Wildman–Crippen MR) is 51.4 cm³/mol. The first-order chi connectivity index (χ1) is 6.88. The van der Waals surface area contributed by atoms with Crippen molar-refractivity contribution in [3.63, 3.8) is 0 Å². The molecule has 1 aromatic rings. The average Bonchev–Trinajstić information content (AvgIpc) is 2.37. The molecule has 0 atom stereocenters. The van der Waals surface area contributed by atoms with Crippen LogP contribution in [-0.4, -0.2) is 22.5 Å². The predicted octanol–water partition coefficient (Wildman–Crippen LogP) is 1.76. The Kier molecular flexibility index (Phi) is 3.43. The van der Waals surface area contributed by atoms with E-state index in [9.17, 15) is 13.2 Å². The maximum atomic E-state index is 11.8. The molecular formula is C8H13F3N4. The lowest BCUT2D eigenvalue weighted by atomic mass is 10.3. The van der Waals surface area contributed by atoms with Crippen molar-refractivity contribution in [1.29, 1.82) is 0 Å². The van der Waals surface area contributed by atoms with Crippen molar-refractivity contribution < 1.29 is 13.2 Å². The molecule has 4 nitrogen and oxygen atoms in total. The number of nitrogen functional groups attached to an aromatic ring is 1. The summed E-state index contributed by atoms with van der Waals surface area (Å²) in [6.45, 7) is 0.209. The second-order valence-electron chi connectivity index (χ2n) is 3.25. The Bertz CT molecular complexity index is 318. The van der Waals surface area contributed by atoms with E-state index < -0.39 is 12.6 Å². The minimum absolute atomic E-state index is 0.0134. The maximum absolute atomic E-state index is 11.8. The fourth-order valence-corrected chi connectivity index (χ4v) is 1.14. The number of nitrogens with two attached hydrogens (primary N) is 1. The zero-order valence-corrected chi connectivity index (χ0v) is 8.30. The van der Waals surface area contributed by atoms with Crippen molar-refractivity contribution in [3.8, 4) is 0 Å². The van der Waals surface area contributed by atoms with Crippen molar-refractivity contribution in [2.24, 2.45) is 7.05 Å². The number of alkyl halides is 3. The van der Waals surface area contributed by atoms with E-state index >= 15 is 0 Å². The highest BCUT2D eigenvalue weighted by Crippen LogP contribution is 2.21. The summed E-state index contributed by atoms with van der Waals surface area (Å²) in [5.41, 5.74) is 5.98. The lowest BCUT2D eigenvalue weighted by molar-refractivity contribution is -0.134. The molecule has 3 N–H and O–H groups in total. The molecule has 0 spiro atoms. The van der Waals surface area contributed by atoms with Crippen LogP contribution in [0.5, 0.6) is 0 Å². The van der Waals surface area contributed by atoms with Crippen LogP contribution in [-0.2, 0) is 7.05 Å². The number of hydrogen-bond acceptors (Lipinski definition) is 3. The number of anilines is 2. The van der Waals surface area contributed by atoms with E-state index in [1.807, 2.05) is 0 Å². The number of aryl methyl sites for hydroxylation is 1. The molecule has 0 bridgehead atoms. The molecule has 1 aromatic heterocycles. The van der Waals surface area contributed by atoms with Gasteiger partial charge in [-0.05, 0) is 6.42 Å². The van der Waals surface area contributed by atoms with Gasteiger partial charge in [-0.1, -0.05) is 0 Å². The van der Waals surface area contributed by atoms with Crippen LogP contribution in [0.4, 0.5) is 24.7 Å². The van der Waals surface area contributed by atoms with E-state index in [1.165, 1.54) is 4.68 Å². The zero-order chi connectivity index (χ0) is 11.5. The van der Waals surface area contributed by atoms with Gasteiger partial charge in [0.2, 0.25) is 0 Å². The summed E-state index contributed by atoms with van der Waals surface area (Å²) in [6.07, 6.45) is -3.30. The quantitative estimate of drug-likeness (QED) is 0.763. The van der Waals surface area contributed by atoms with E-state index in [2.05, 4.69) is 10.4 Å². The summed E-state index contributed by atoms with van der Waals surface area (Å²) < 4.78 is 36.9. The summed E-state index contributed by atoms with van der Waals surface area (Å²) in [7, 11) is 1.69. The van der Waals surface area contributed by atoms with Crippen LogP contribution in [0.15, 0.2) is 6.20 Å². The first-order valence-electron chi connectivity index (χ1n) is 4.48. The van der Waals surface area contributed by atoms with Gasteiger partial charge in [0, 0.05) is 26.2 Å². The second kappa shape index (κ2) is 4.41. The first-order valence-corrected chi connectivity index (χ1v) is 4.48. The van der Waals surface area contributed by atoms with Gasteiger partial charge in [-0.15, -0.1) is 0 Å². The van der Waals surface area contributed by atoms with Crippen molar-refractivity contribution in [3.05, 3.63) is 6.20 Å². The third kappa shape index (κ3) is 4.09. The van der Waals surface area contributed by atoms with Crippen molar-refractivity contribution in [1.82, 2.24) is 9.78 Å². The molecule has 0 saturated heterocycles. The Balaban J connectivity index is 2.29. The largest absolute Gasteiger partial charge is 0.394 e. The monoisotopic (exact) mass is 222 g/mol. The molecule has 1 rings (SSSR count).